The minimum atomic E-state index is -2.87. The molecule has 0 fully saturated rings. The van der Waals surface area contributed by atoms with E-state index in [1.807, 2.05) is 0 Å². The lowest BCUT2D eigenvalue weighted by Crippen LogP contribution is -2.29. The van der Waals surface area contributed by atoms with Gasteiger partial charge in [-0.3, -0.25) is 4.79 Å². The number of rotatable bonds is 5. The summed E-state index contributed by atoms with van der Waals surface area (Å²) in [6, 6.07) is 7.95. The molecule has 0 saturated heterocycles. The second-order valence-electron chi connectivity index (χ2n) is 3.46. The number of benzene rings is 1. The van der Waals surface area contributed by atoms with Gasteiger partial charge in [0.05, 0.1) is 6.61 Å². The first-order valence-electron chi connectivity index (χ1n) is 5.58. The smallest absolute Gasteiger partial charge is 0.354 e. The van der Waals surface area contributed by atoms with Gasteiger partial charge in [-0.15, -0.1) is 0 Å². The second kappa shape index (κ2) is 7.25. The number of nitrogens with one attached hydrogen (secondary N) is 1. The number of ether oxygens (including phenoxy) is 1. The Balaban J connectivity index is 2.84. The van der Waals surface area contributed by atoms with Gasteiger partial charge in [-0.2, -0.15) is 0 Å². The van der Waals surface area contributed by atoms with Crippen LogP contribution in [0, 0.1) is 0 Å². The largest absolute Gasteiger partial charge is 0.461 e. The maximum Gasteiger partial charge on any atom is 0.354 e. The molecule has 0 aliphatic carbocycles. The van der Waals surface area contributed by atoms with Crippen molar-refractivity contribution in [3.8, 4) is 0 Å². The highest BCUT2D eigenvalue weighted by atomic mass is 19.3. The number of hydrogen-bond donors (Lipinski definition) is 1. The Morgan fingerprint density at radius 2 is 1.95 bits per heavy atom. The predicted molar refractivity (Wildman–Crippen MR) is 64.6 cm³/mol. The Kier molecular flexibility index (Phi) is 5.66. The summed E-state index contributed by atoms with van der Waals surface area (Å²) in [5, 5.41) is 2.12. The molecule has 0 bridgehead atoms. The molecule has 1 N–H and O–H groups in total. The predicted octanol–water partition coefficient (Wildman–Crippen LogP) is 2.13. The second-order valence-corrected chi connectivity index (χ2v) is 3.46. The Labute approximate surface area is 109 Å². The van der Waals surface area contributed by atoms with Gasteiger partial charge in [0.2, 0.25) is 0 Å². The minimum absolute atomic E-state index is 0.0284. The van der Waals surface area contributed by atoms with E-state index in [1.165, 1.54) is 19.1 Å². The molecule has 1 aromatic carbocycles. The molecule has 19 heavy (non-hydrogen) atoms. The SMILES string of the molecule is CCOC(=O)/C(=C\C(F)F)NC(=O)c1ccccc1. The molecular weight excluding hydrogens is 256 g/mol. The van der Waals surface area contributed by atoms with E-state index < -0.39 is 24.0 Å². The van der Waals surface area contributed by atoms with Gasteiger partial charge in [0, 0.05) is 11.6 Å². The van der Waals surface area contributed by atoms with Gasteiger partial charge in [-0.1, -0.05) is 18.2 Å². The first kappa shape index (κ1) is 14.8. The molecule has 1 aromatic rings. The zero-order chi connectivity index (χ0) is 14.3. The van der Waals surface area contributed by atoms with E-state index >= 15 is 0 Å². The maximum atomic E-state index is 12.3. The van der Waals surface area contributed by atoms with Crippen LogP contribution < -0.4 is 5.32 Å². The van der Waals surface area contributed by atoms with E-state index in [0.29, 0.717) is 6.08 Å². The third kappa shape index (κ3) is 4.87. The molecule has 1 rings (SSSR count). The first-order chi connectivity index (χ1) is 9.04. The van der Waals surface area contributed by atoms with Gasteiger partial charge in [0.15, 0.2) is 0 Å². The van der Waals surface area contributed by atoms with Crippen LogP contribution in [-0.4, -0.2) is 24.9 Å². The summed E-state index contributed by atoms with van der Waals surface area (Å²) in [6.45, 7) is 1.57. The van der Waals surface area contributed by atoms with Crippen molar-refractivity contribution >= 4 is 11.9 Å². The fourth-order valence-electron chi connectivity index (χ4n) is 1.28. The van der Waals surface area contributed by atoms with E-state index in [2.05, 4.69) is 10.1 Å². The number of carbonyl (C=O) groups is 2. The molecule has 0 saturated carbocycles. The number of amides is 1. The van der Waals surface area contributed by atoms with Crippen LogP contribution in [0.15, 0.2) is 42.1 Å². The lowest BCUT2D eigenvalue weighted by Gasteiger charge is -2.09. The van der Waals surface area contributed by atoms with E-state index in [1.54, 1.807) is 18.2 Å². The van der Waals surface area contributed by atoms with Crippen LogP contribution in [0.5, 0.6) is 0 Å². The van der Waals surface area contributed by atoms with Crippen LogP contribution in [0.3, 0.4) is 0 Å². The van der Waals surface area contributed by atoms with Crippen molar-refractivity contribution in [2.45, 2.75) is 13.3 Å². The van der Waals surface area contributed by atoms with E-state index in [4.69, 9.17) is 0 Å². The van der Waals surface area contributed by atoms with Crippen LogP contribution in [0.1, 0.15) is 17.3 Å². The van der Waals surface area contributed by atoms with Crippen molar-refractivity contribution < 1.29 is 23.1 Å². The molecular formula is C13H13F2NO3. The average molecular weight is 269 g/mol. The quantitative estimate of drug-likeness (QED) is 0.658. The molecule has 0 spiro atoms. The zero-order valence-corrected chi connectivity index (χ0v) is 10.2. The van der Waals surface area contributed by atoms with Gasteiger partial charge < -0.3 is 10.1 Å². The molecule has 6 heteroatoms. The van der Waals surface area contributed by atoms with Crippen molar-refractivity contribution in [2.24, 2.45) is 0 Å². The summed E-state index contributed by atoms with van der Waals surface area (Å²) in [7, 11) is 0. The summed E-state index contributed by atoms with van der Waals surface area (Å²) in [5.41, 5.74) is -0.308. The van der Waals surface area contributed by atoms with Crippen LogP contribution in [0.25, 0.3) is 0 Å². The zero-order valence-electron chi connectivity index (χ0n) is 10.2. The van der Waals surface area contributed by atoms with Gasteiger partial charge >= 0.3 is 5.97 Å². The molecule has 0 atom stereocenters. The maximum absolute atomic E-state index is 12.3. The van der Waals surface area contributed by atoms with Crippen LogP contribution in [0.4, 0.5) is 8.78 Å². The van der Waals surface area contributed by atoms with E-state index in [-0.39, 0.29) is 12.2 Å². The molecule has 0 unspecified atom stereocenters. The first-order valence-corrected chi connectivity index (χ1v) is 5.58. The average Bonchev–Trinajstić information content (AvgIpc) is 2.38. The van der Waals surface area contributed by atoms with Gasteiger partial charge in [-0.05, 0) is 19.1 Å². The fourth-order valence-corrected chi connectivity index (χ4v) is 1.28. The Morgan fingerprint density at radius 1 is 1.32 bits per heavy atom. The number of alkyl halides is 2. The third-order valence-corrected chi connectivity index (χ3v) is 2.07. The number of esters is 1. The summed E-state index contributed by atoms with van der Waals surface area (Å²) in [4.78, 5) is 23.1. The van der Waals surface area contributed by atoms with Crippen molar-refractivity contribution in [3.05, 3.63) is 47.7 Å². The number of halogens is 2. The standard InChI is InChI=1S/C13H13F2NO3/c1-2-19-13(18)10(8-11(14)15)16-12(17)9-6-4-3-5-7-9/h3-8,11H,2H2,1H3,(H,16,17)/b10-8+. The Morgan fingerprint density at radius 3 is 2.47 bits per heavy atom. The fraction of sp³-hybridized carbons (Fsp3) is 0.231. The molecule has 102 valence electrons. The molecule has 0 radical (unpaired) electrons. The van der Waals surface area contributed by atoms with Crippen molar-refractivity contribution in [1.82, 2.24) is 5.32 Å². The van der Waals surface area contributed by atoms with Crippen LogP contribution in [0.2, 0.25) is 0 Å². The lowest BCUT2D eigenvalue weighted by atomic mass is 10.2. The normalized spacial score (nSPS) is 11.3. The third-order valence-electron chi connectivity index (χ3n) is 2.07. The number of carbonyl (C=O) groups excluding carboxylic acids is 2. The van der Waals surface area contributed by atoms with Crippen molar-refractivity contribution in [1.29, 1.82) is 0 Å². The highest BCUT2D eigenvalue weighted by molar-refractivity contribution is 6.01. The number of allylic oxidation sites excluding steroid dienone is 1. The Bertz CT molecular complexity index is 472. The Hall–Kier alpha value is -2.24. The van der Waals surface area contributed by atoms with Gasteiger partial charge in [-0.25, -0.2) is 13.6 Å². The van der Waals surface area contributed by atoms with Crippen LogP contribution in [-0.2, 0) is 9.53 Å². The highest BCUT2D eigenvalue weighted by Gasteiger charge is 2.17. The van der Waals surface area contributed by atoms with Crippen molar-refractivity contribution in [2.75, 3.05) is 6.61 Å². The molecule has 0 heterocycles. The van der Waals surface area contributed by atoms with E-state index in [0.717, 1.165) is 0 Å². The highest BCUT2D eigenvalue weighted by Crippen LogP contribution is 2.05. The van der Waals surface area contributed by atoms with Crippen molar-refractivity contribution in [3.63, 3.8) is 0 Å². The summed E-state index contributed by atoms with van der Waals surface area (Å²) < 4.78 is 29.2. The summed E-state index contributed by atoms with van der Waals surface area (Å²) in [6.07, 6.45) is -2.52. The summed E-state index contributed by atoms with van der Waals surface area (Å²) in [5.74, 6) is -1.65. The molecule has 1 amide bonds. The molecule has 0 aliphatic heterocycles. The molecule has 0 aromatic heterocycles. The monoisotopic (exact) mass is 269 g/mol. The number of hydrogen-bond acceptors (Lipinski definition) is 3. The summed E-state index contributed by atoms with van der Waals surface area (Å²) >= 11 is 0. The van der Waals surface area contributed by atoms with Crippen LogP contribution >= 0.6 is 0 Å². The topological polar surface area (TPSA) is 55.4 Å². The molecule has 4 nitrogen and oxygen atoms in total. The van der Waals surface area contributed by atoms with Gasteiger partial charge in [0.1, 0.15) is 5.70 Å². The minimum Gasteiger partial charge on any atom is -0.461 e. The lowest BCUT2D eigenvalue weighted by molar-refractivity contribution is -0.139. The van der Waals surface area contributed by atoms with E-state index in [9.17, 15) is 18.4 Å². The van der Waals surface area contributed by atoms with Gasteiger partial charge in [0.25, 0.3) is 12.3 Å². The molecule has 0 aliphatic rings.